The van der Waals surface area contributed by atoms with E-state index in [0.717, 1.165) is 22.8 Å². The van der Waals surface area contributed by atoms with Crippen LogP contribution in [-0.2, 0) is 4.74 Å². The molecule has 1 aromatic heterocycles. The van der Waals surface area contributed by atoms with Gasteiger partial charge in [-0.25, -0.2) is 0 Å². The zero-order chi connectivity index (χ0) is 13.5. The second-order valence-electron chi connectivity index (χ2n) is 3.95. The van der Waals surface area contributed by atoms with Crippen molar-refractivity contribution in [1.82, 2.24) is 10.2 Å². The summed E-state index contributed by atoms with van der Waals surface area (Å²) in [5, 5.41) is 11.4. The first-order valence-corrected chi connectivity index (χ1v) is 6.04. The molecule has 19 heavy (non-hydrogen) atoms. The van der Waals surface area contributed by atoms with Gasteiger partial charge in [-0.2, -0.15) is 0 Å². The molecule has 2 rings (SSSR count). The van der Waals surface area contributed by atoms with Crippen LogP contribution in [0.25, 0.3) is 11.3 Å². The zero-order valence-electron chi connectivity index (χ0n) is 11.1. The van der Waals surface area contributed by atoms with Crippen LogP contribution in [0.3, 0.4) is 0 Å². The summed E-state index contributed by atoms with van der Waals surface area (Å²) in [6.45, 7) is 1.36. The van der Waals surface area contributed by atoms with Crippen LogP contribution in [0.15, 0.2) is 36.4 Å². The molecule has 0 bridgehead atoms. The molecule has 0 saturated heterocycles. The summed E-state index contributed by atoms with van der Waals surface area (Å²) in [5.41, 5.74) is 1.84. The van der Waals surface area contributed by atoms with Gasteiger partial charge in [0.1, 0.15) is 11.6 Å². The molecule has 2 aromatic rings. The third-order valence-electron chi connectivity index (χ3n) is 2.66. The molecule has 1 N–H and O–H groups in total. The van der Waals surface area contributed by atoms with E-state index in [1.54, 1.807) is 14.2 Å². The Morgan fingerprint density at radius 3 is 2.37 bits per heavy atom. The van der Waals surface area contributed by atoms with Crippen LogP contribution >= 0.6 is 0 Å². The fourth-order valence-electron chi connectivity index (χ4n) is 1.62. The van der Waals surface area contributed by atoms with E-state index in [-0.39, 0.29) is 0 Å². The molecule has 0 saturated carbocycles. The minimum atomic E-state index is 0.641. The average molecular weight is 259 g/mol. The van der Waals surface area contributed by atoms with Gasteiger partial charge in [-0.3, -0.25) is 0 Å². The van der Waals surface area contributed by atoms with Gasteiger partial charge in [-0.15, -0.1) is 10.2 Å². The number of rotatable bonds is 6. The van der Waals surface area contributed by atoms with E-state index in [0.29, 0.717) is 13.2 Å². The predicted octanol–water partition coefficient (Wildman–Crippen LogP) is 2.21. The molecular weight excluding hydrogens is 242 g/mol. The second-order valence-corrected chi connectivity index (χ2v) is 3.95. The molecule has 0 atom stereocenters. The van der Waals surface area contributed by atoms with Gasteiger partial charge in [0.15, 0.2) is 0 Å². The van der Waals surface area contributed by atoms with E-state index >= 15 is 0 Å². The molecule has 0 amide bonds. The van der Waals surface area contributed by atoms with Crippen LogP contribution in [-0.4, -0.2) is 37.6 Å². The smallest absolute Gasteiger partial charge is 0.148 e. The lowest BCUT2D eigenvalue weighted by molar-refractivity contribution is 0.210. The van der Waals surface area contributed by atoms with E-state index in [1.807, 2.05) is 36.4 Å². The topological polar surface area (TPSA) is 56.3 Å². The third kappa shape index (κ3) is 3.66. The van der Waals surface area contributed by atoms with E-state index < -0.39 is 0 Å². The maximum Gasteiger partial charge on any atom is 0.148 e. The molecule has 0 unspecified atom stereocenters. The van der Waals surface area contributed by atoms with Crippen molar-refractivity contribution in [3.8, 4) is 17.0 Å². The van der Waals surface area contributed by atoms with Crippen LogP contribution in [0.5, 0.6) is 5.75 Å². The zero-order valence-corrected chi connectivity index (χ0v) is 11.1. The highest BCUT2D eigenvalue weighted by molar-refractivity contribution is 5.60. The predicted molar refractivity (Wildman–Crippen MR) is 74.4 cm³/mol. The first kappa shape index (κ1) is 13.3. The lowest BCUT2D eigenvalue weighted by Gasteiger charge is -2.05. The fraction of sp³-hybridized carbons (Fsp3) is 0.286. The number of aromatic nitrogens is 2. The number of methoxy groups -OCH3 is 2. The number of hydrogen-bond acceptors (Lipinski definition) is 5. The Bertz CT molecular complexity index is 497. The highest BCUT2D eigenvalue weighted by Gasteiger charge is 2.01. The Kier molecular flexibility index (Phi) is 4.69. The normalized spacial score (nSPS) is 10.2. The van der Waals surface area contributed by atoms with Crippen molar-refractivity contribution in [3.63, 3.8) is 0 Å². The molecule has 0 radical (unpaired) electrons. The Morgan fingerprint density at radius 1 is 1.00 bits per heavy atom. The van der Waals surface area contributed by atoms with E-state index in [4.69, 9.17) is 9.47 Å². The van der Waals surface area contributed by atoms with Gasteiger partial charge in [0.2, 0.25) is 0 Å². The third-order valence-corrected chi connectivity index (χ3v) is 2.66. The summed E-state index contributed by atoms with van der Waals surface area (Å²) >= 11 is 0. The van der Waals surface area contributed by atoms with Crippen molar-refractivity contribution in [2.75, 3.05) is 32.7 Å². The highest BCUT2D eigenvalue weighted by Crippen LogP contribution is 2.20. The van der Waals surface area contributed by atoms with Crippen molar-refractivity contribution in [2.24, 2.45) is 0 Å². The van der Waals surface area contributed by atoms with Crippen LogP contribution in [0.4, 0.5) is 5.82 Å². The van der Waals surface area contributed by atoms with Crippen LogP contribution in [0, 0.1) is 0 Å². The summed E-state index contributed by atoms with van der Waals surface area (Å²) in [6, 6.07) is 11.6. The summed E-state index contributed by atoms with van der Waals surface area (Å²) in [5.74, 6) is 1.57. The Balaban J connectivity index is 2.04. The summed E-state index contributed by atoms with van der Waals surface area (Å²) in [6.07, 6.45) is 0. The van der Waals surface area contributed by atoms with Gasteiger partial charge >= 0.3 is 0 Å². The molecule has 0 aliphatic heterocycles. The number of hydrogen-bond donors (Lipinski definition) is 1. The van der Waals surface area contributed by atoms with Gasteiger partial charge in [-0.1, -0.05) is 0 Å². The monoisotopic (exact) mass is 259 g/mol. The van der Waals surface area contributed by atoms with Gasteiger partial charge < -0.3 is 14.8 Å². The minimum absolute atomic E-state index is 0.641. The standard InChI is InChI=1S/C14H17N3O2/c1-18-10-9-15-14-8-7-13(16-17-14)11-3-5-12(19-2)6-4-11/h3-8H,9-10H2,1-2H3,(H,15,17). The van der Waals surface area contributed by atoms with Gasteiger partial charge in [-0.05, 0) is 36.4 Å². The maximum atomic E-state index is 5.12. The summed E-state index contributed by atoms with van der Waals surface area (Å²) in [7, 11) is 3.31. The number of anilines is 1. The van der Waals surface area contributed by atoms with Crippen molar-refractivity contribution in [1.29, 1.82) is 0 Å². The summed E-state index contributed by atoms with van der Waals surface area (Å²) < 4.78 is 10.1. The molecule has 5 heteroatoms. The second kappa shape index (κ2) is 6.70. The van der Waals surface area contributed by atoms with Crippen LogP contribution < -0.4 is 10.1 Å². The number of ether oxygens (including phenoxy) is 2. The van der Waals surface area contributed by atoms with Crippen LogP contribution in [0.2, 0.25) is 0 Å². The van der Waals surface area contributed by atoms with Crippen molar-refractivity contribution in [2.45, 2.75) is 0 Å². The fourth-order valence-corrected chi connectivity index (χ4v) is 1.62. The van der Waals surface area contributed by atoms with Crippen molar-refractivity contribution < 1.29 is 9.47 Å². The maximum absolute atomic E-state index is 5.12. The largest absolute Gasteiger partial charge is 0.497 e. The van der Waals surface area contributed by atoms with Crippen molar-refractivity contribution in [3.05, 3.63) is 36.4 Å². The Hall–Kier alpha value is -2.14. The molecule has 1 heterocycles. The first-order chi connectivity index (χ1) is 9.33. The molecule has 5 nitrogen and oxygen atoms in total. The quantitative estimate of drug-likeness (QED) is 0.806. The SMILES string of the molecule is COCCNc1ccc(-c2ccc(OC)cc2)nn1. The lowest BCUT2D eigenvalue weighted by Crippen LogP contribution is -2.09. The molecule has 0 aliphatic rings. The van der Waals surface area contributed by atoms with E-state index in [9.17, 15) is 0 Å². The molecule has 0 spiro atoms. The molecule has 100 valence electrons. The average Bonchev–Trinajstić information content (AvgIpc) is 2.48. The van der Waals surface area contributed by atoms with E-state index in [1.165, 1.54) is 0 Å². The Labute approximate surface area is 112 Å². The highest BCUT2D eigenvalue weighted by atomic mass is 16.5. The van der Waals surface area contributed by atoms with Gasteiger partial charge in [0.25, 0.3) is 0 Å². The minimum Gasteiger partial charge on any atom is -0.497 e. The number of benzene rings is 1. The number of nitrogens with one attached hydrogen (secondary N) is 1. The molecule has 1 aromatic carbocycles. The molecule has 0 aliphatic carbocycles. The van der Waals surface area contributed by atoms with E-state index in [2.05, 4.69) is 15.5 Å². The van der Waals surface area contributed by atoms with Gasteiger partial charge in [0.05, 0.1) is 19.4 Å². The first-order valence-electron chi connectivity index (χ1n) is 6.04. The van der Waals surface area contributed by atoms with Crippen molar-refractivity contribution >= 4 is 5.82 Å². The Morgan fingerprint density at radius 2 is 1.79 bits per heavy atom. The lowest BCUT2D eigenvalue weighted by atomic mass is 10.1. The number of nitrogens with zero attached hydrogens (tertiary/aromatic N) is 2. The van der Waals surface area contributed by atoms with Gasteiger partial charge in [0, 0.05) is 19.2 Å². The molecular formula is C14H17N3O2. The van der Waals surface area contributed by atoms with Crippen LogP contribution in [0.1, 0.15) is 0 Å². The summed E-state index contributed by atoms with van der Waals surface area (Å²) in [4.78, 5) is 0. The molecule has 0 fully saturated rings.